The molecular weight excluding hydrogens is 797 g/mol. The fourth-order valence-electron chi connectivity index (χ4n) is 9.47. The van der Waals surface area contributed by atoms with Gasteiger partial charge in [0.2, 0.25) is 5.79 Å². The standard InChI is InChI=1S/C52H70N2O9/c1-8-25-54(50(57)59-30-29-58-35-38-17-11-10-12-18-38)47-34-45(53-63-51(5,6)7)43-32-39(19-13-15-26-55)42(20-14-16-27-56)48-44-33-41(61-40-22-21-36(3)37(4)31-40)23-24-46(44)62-52(47,49(43)48)60-28-9-2/h9-12,17-18,21-24,31-33,39,42,47-49,55-56H,2,8,13-16,19-20,25-30,34-35H2,1,3-7H3. The van der Waals surface area contributed by atoms with Crippen LogP contribution in [0.3, 0.4) is 0 Å². The Bertz CT molecular complexity index is 2030. The normalized spacial score (nSPS) is 23.2. The fraction of sp³-hybridized carbons (Fsp3) is 0.538. The number of carbonyl (C=O) groups is 1. The molecular formula is C52H70N2O9. The lowest BCUT2D eigenvalue weighted by Crippen LogP contribution is -2.70. The van der Waals surface area contributed by atoms with E-state index in [1.54, 1.807) is 11.0 Å². The van der Waals surface area contributed by atoms with Crippen LogP contribution in [0.2, 0.25) is 0 Å². The number of aryl methyl sites for hydroxylation is 2. The molecule has 3 aromatic carbocycles. The number of rotatable bonds is 22. The summed E-state index contributed by atoms with van der Waals surface area (Å²) in [6, 6.07) is 21.3. The minimum absolute atomic E-state index is 0.0693. The van der Waals surface area contributed by atoms with E-state index in [2.05, 4.69) is 44.7 Å². The number of hydrogen-bond donors (Lipinski definition) is 2. The summed E-state index contributed by atoms with van der Waals surface area (Å²) >= 11 is 0. The maximum absolute atomic E-state index is 14.5. The molecule has 6 rings (SSSR count). The lowest BCUT2D eigenvalue weighted by Gasteiger charge is -2.60. The monoisotopic (exact) mass is 867 g/mol. The number of carbonyl (C=O) groups excluding carboxylic acids is 1. The minimum Gasteiger partial charge on any atom is -0.459 e. The van der Waals surface area contributed by atoms with E-state index < -0.39 is 29.4 Å². The second-order valence-corrected chi connectivity index (χ2v) is 18.2. The topological polar surface area (TPSA) is 129 Å². The number of oxime groups is 1. The van der Waals surface area contributed by atoms with Crippen LogP contribution in [0, 0.1) is 31.6 Å². The minimum atomic E-state index is -1.39. The molecule has 11 nitrogen and oxygen atoms in total. The Hall–Kier alpha value is -4.68. The van der Waals surface area contributed by atoms with Gasteiger partial charge in [-0.1, -0.05) is 73.5 Å². The molecule has 6 unspecified atom stereocenters. The van der Waals surface area contributed by atoms with Crippen molar-refractivity contribution in [3.8, 4) is 17.2 Å². The Morgan fingerprint density at radius 3 is 2.38 bits per heavy atom. The molecule has 0 bridgehead atoms. The third kappa shape index (κ3) is 11.7. The maximum Gasteiger partial charge on any atom is 0.410 e. The highest BCUT2D eigenvalue weighted by Crippen LogP contribution is 2.62. The predicted molar refractivity (Wildman–Crippen MR) is 246 cm³/mol. The van der Waals surface area contributed by atoms with Crippen molar-refractivity contribution in [2.45, 2.75) is 123 Å². The second-order valence-electron chi connectivity index (χ2n) is 18.2. The molecule has 0 radical (unpaired) electrons. The summed E-state index contributed by atoms with van der Waals surface area (Å²) < 4.78 is 33.0. The number of allylic oxidation sites excluding steroid dienone is 1. The van der Waals surface area contributed by atoms with E-state index in [1.807, 2.05) is 76.2 Å². The summed E-state index contributed by atoms with van der Waals surface area (Å²) in [5.41, 5.74) is 5.48. The van der Waals surface area contributed by atoms with Gasteiger partial charge in [0.15, 0.2) is 0 Å². The van der Waals surface area contributed by atoms with Gasteiger partial charge in [0.1, 0.15) is 35.5 Å². The quantitative estimate of drug-likeness (QED) is 0.0576. The van der Waals surface area contributed by atoms with Crippen molar-refractivity contribution in [1.82, 2.24) is 4.90 Å². The Morgan fingerprint density at radius 2 is 1.68 bits per heavy atom. The van der Waals surface area contributed by atoms with E-state index >= 15 is 0 Å². The fourth-order valence-corrected chi connectivity index (χ4v) is 9.47. The van der Waals surface area contributed by atoms with Gasteiger partial charge in [-0.05, 0) is 131 Å². The Morgan fingerprint density at radius 1 is 0.952 bits per heavy atom. The first-order chi connectivity index (χ1) is 30.4. The largest absolute Gasteiger partial charge is 0.459 e. The third-order valence-electron chi connectivity index (χ3n) is 12.4. The average Bonchev–Trinajstić information content (AvgIpc) is 3.26. The Labute approximate surface area is 375 Å². The molecule has 63 heavy (non-hydrogen) atoms. The van der Waals surface area contributed by atoms with E-state index in [0.717, 1.165) is 59.4 Å². The lowest BCUT2D eigenvalue weighted by atomic mass is 9.55. The third-order valence-corrected chi connectivity index (χ3v) is 12.4. The summed E-state index contributed by atoms with van der Waals surface area (Å²) in [7, 11) is 0. The van der Waals surface area contributed by atoms with Crippen molar-refractivity contribution in [2.75, 3.05) is 39.6 Å². The maximum atomic E-state index is 14.5. The summed E-state index contributed by atoms with van der Waals surface area (Å²) in [5.74, 6) is 0.240. The number of aliphatic hydroxyl groups excluding tert-OH is 2. The molecule has 0 spiro atoms. The molecule has 3 aromatic rings. The van der Waals surface area contributed by atoms with Gasteiger partial charge >= 0.3 is 6.09 Å². The number of amides is 1. The van der Waals surface area contributed by atoms with Crippen LogP contribution < -0.4 is 9.47 Å². The van der Waals surface area contributed by atoms with Crippen molar-refractivity contribution >= 4 is 11.8 Å². The molecule has 1 fully saturated rings. The van der Waals surface area contributed by atoms with Crippen LogP contribution in [-0.4, -0.2) is 83.9 Å². The van der Waals surface area contributed by atoms with Crippen LogP contribution in [0.15, 0.2) is 96.2 Å². The highest BCUT2D eigenvalue weighted by molar-refractivity contribution is 6.03. The molecule has 2 N–H and O–H groups in total. The SMILES string of the molecule is C=CCOC12Oc3ccc(Oc4ccc(C)c(C)c4)cc3C3C(CCCCO)C(CCCCO)C=C(C(=NOC(C)(C)C)CC1N(CCC)C(=O)OCCOCc1ccccc1)C32. The zero-order valence-corrected chi connectivity index (χ0v) is 38.4. The molecule has 342 valence electrons. The zero-order valence-electron chi connectivity index (χ0n) is 38.4. The molecule has 6 atom stereocenters. The van der Waals surface area contributed by atoms with Gasteiger partial charge < -0.3 is 38.7 Å². The number of aliphatic hydroxyl groups is 2. The molecule has 1 aliphatic heterocycles. The van der Waals surface area contributed by atoms with Crippen LogP contribution in [0.5, 0.6) is 17.2 Å². The lowest BCUT2D eigenvalue weighted by molar-refractivity contribution is -0.255. The highest BCUT2D eigenvalue weighted by Gasteiger charge is 2.65. The van der Waals surface area contributed by atoms with Gasteiger partial charge in [-0.2, -0.15) is 0 Å². The van der Waals surface area contributed by atoms with Crippen LogP contribution in [-0.2, 0) is 25.7 Å². The first-order valence-electron chi connectivity index (χ1n) is 23.0. The first kappa shape index (κ1) is 47.8. The molecule has 1 heterocycles. The van der Waals surface area contributed by atoms with Crippen LogP contribution in [0.4, 0.5) is 4.79 Å². The highest BCUT2D eigenvalue weighted by atomic mass is 16.7. The molecule has 11 heteroatoms. The molecule has 2 aliphatic carbocycles. The van der Waals surface area contributed by atoms with Crippen molar-refractivity contribution < 1.29 is 43.5 Å². The number of nitrogens with zero attached hydrogens (tertiary/aromatic N) is 2. The molecule has 1 saturated carbocycles. The van der Waals surface area contributed by atoms with Gasteiger partial charge in [0.05, 0.1) is 31.5 Å². The first-order valence-corrected chi connectivity index (χ1v) is 23.0. The van der Waals surface area contributed by atoms with Gasteiger partial charge in [0.25, 0.3) is 0 Å². The average molecular weight is 867 g/mol. The van der Waals surface area contributed by atoms with Gasteiger partial charge in [-0.3, -0.25) is 4.90 Å². The number of benzene rings is 3. The van der Waals surface area contributed by atoms with Crippen molar-refractivity contribution in [1.29, 1.82) is 0 Å². The zero-order chi connectivity index (χ0) is 45.0. The summed E-state index contributed by atoms with van der Waals surface area (Å²) in [6.45, 7) is 17.6. The van der Waals surface area contributed by atoms with Crippen molar-refractivity contribution in [2.24, 2.45) is 22.9 Å². The van der Waals surface area contributed by atoms with E-state index in [4.69, 9.17) is 33.7 Å². The molecule has 1 amide bonds. The Balaban J connectivity index is 1.49. The van der Waals surface area contributed by atoms with Gasteiger partial charge in [-0.25, -0.2) is 4.79 Å². The summed E-state index contributed by atoms with van der Waals surface area (Å²) in [4.78, 5) is 22.6. The summed E-state index contributed by atoms with van der Waals surface area (Å²) in [5, 5.41) is 24.9. The van der Waals surface area contributed by atoms with E-state index in [-0.39, 0.29) is 57.2 Å². The Kier molecular flexibility index (Phi) is 16.9. The second kappa shape index (κ2) is 22.3. The summed E-state index contributed by atoms with van der Waals surface area (Å²) in [6.07, 6.45) is 9.23. The number of hydrogen-bond acceptors (Lipinski definition) is 10. The molecule has 3 aliphatic rings. The van der Waals surface area contributed by atoms with E-state index in [0.29, 0.717) is 43.9 Å². The van der Waals surface area contributed by atoms with E-state index in [9.17, 15) is 15.0 Å². The van der Waals surface area contributed by atoms with Gasteiger partial charge in [0, 0.05) is 37.7 Å². The van der Waals surface area contributed by atoms with Gasteiger partial charge in [-0.15, -0.1) is 6.58 Å². The number of fused-ring (bicyclic) bond motifs is 2. The number of unbranched alkanes of at least 4 members (excludes halogenated alkanes) is 2. The molecule has 0 saturated heterocycles. The van der Waals surface area contributed by atoms with Crippen molar-refractivity contribution in [3.05, 3.63) is 113 Å². The van der Waals surface area contributed by atoms with Crippen LogP contribution >= 0.6 is 0 Å². The van der Waals surface area contributed by atoms with Crippen molar-refractivity contribution in [3.63, 3.8) is 0 Å². The van der Waals surface area contributed by atoms with Crippen LogP contribution in [0.1, 0.15) is 107 Å². The predicted octanol–water partition coefficient (Wildman–Crippen LogP) is 10.6. The smallest absolute Gasteiger partial charge is 0.410 e. The number of ether oxygens (including phenoxy) is 5. The molecule has 0 aromatic heterocycles. The van der Waals surface area contributed by atoms with E-state index in [1.165, 1.54) is 5.56 Å². The van der Waals surface area contributed by atoms with Crippen LogP contribution in [0.25, 0.3) is 0 Å².